The molecule has 0 aliphatic heterocycles. The van der Waals surface area contributed by atoms with Gasteiger partial charge in [-0.25, -0.2) is 0 Å². The van der Waals surface area contributed by atoms with Crippen LogP contribution in [0.1, 0.15) is 6.42 Å². The van der Waals surface area contributed by atoms with Crippen molar-refractivity contribution in [2.24, 2.45) is 5.92 Å². The van der Waals surface area contributed by atoms with Crippen LogP contribution in [0.4, 0.5) is 0 Å². The molecule has 0 heterocycles. The molecule has 0 radical (unpaired) electrons. The fraction of sp³-hybridized carbons (Fsp3) is 1.00. The van der Waals surface area contributed by atoms with E-state index in [1.165, 1.54) is 0 Å². The Morgan fingerprint density at radius 1 is 1.00 bits per heavy atom. The van der Waals surface area contributed by atoms with E-state index in [9.17, 15) is 0 Å². The van der Waals surface area contributed by atoms with Gasteiger partial charge in [-0.15, -0.1) is 46.4 Å². The van der Waals surface area contributed by atoms with Crippen LogP contribution >= 0.6 is 46.4 Å². The minimum Gasteiger partial charge on any atom is -0.127 e. The minimum absolute atomic E-state index is 0.0208. The molecule has 0 N–H and O–H groups in total. The lowest BCUT2D eigenvalue weighted by atomic mass is 10.1. The summed E-state index contributed by atoms with van der Waals surface area (Å²) in [4.78, 5) is 0. The van der Waals surface area contributed by atoms with Crippen molar-refractivity contribution >= 4 is 46.4 Å². The molecule has 1 atom stereocenters. The van der Waals surface area contributed by atoms with E-state index < -0.39 is 0 Å². The lowest BCUT2D eigenvalue weighted by Crippen LogP contribution is -2.18. The summed E-state index contributed by atoms with van der Waals surface area (Å²) in [6, 6.07) is 0. The summed E-state index contributed by atoms with van der Waals surface area (Å²) < 4.78 is 0. The standard InChI is InChI=1S/C6H10Cl4/c7-2-1-6(10)5(3-8)4-9/h5-6H,1-4H2. The molecule has 0 rings (SSSR count). The van der Waals surface area contributed by atoms with E-state index >= 15 is 0 Å². The van der Waals surface area contributed by atoms with Gasteiger partial charge in [0.15, 0.2) is 0 Å². The summed E-state index contributed by atoms with van der Waals surface area (Å²) in [5, 5.41) is 0.0208. The predicted octanol–water partition coefficient (Wildman–Crippen LogP) is 3.32. The van der Waals surface area contributed by atoms with Gasteiger partial charge in [0.25, 0.3) is 0 Å². The van der Waals surface area contributed by atoms with Crippen molar-refractivity contribution in [1.29, 1.82) is 0 Å². The Balaban J connectivity index is 3.53. The molecule has 0 fully saturated rings. The summed E-state index contributed by atoms with van der Waals surface area (Å²) in [6.07, 6.45) is 0.771. The third-order valence-corrected chi connectivity index (χ3v) is 2.88. The second kappa shape index (κ2) is 6.84. The molecule has 0 nitrogen and oxygen atoms in total. The zero-order chi connectivity index (χ0) is 7.98. The summed E-state index contributed by atoms with van der Waals surface area (Å²) in [5.41, 5.74) is 0. The van der Waals surface area contributed by atoms with Gasteiger partial charge >= 0.3 is 0 Å². The van der Waals surface area contributed by atoms with Gasteiger partial charge in [0, 0.05) is 28.9 Å². The molecular formula is C6H10Cl4. The molecule has 0 aromatic rings. The maximum atomic E-state index is 5.89. The first-order valence-electron chi connectivity index (χ1n) is 3.08. The zero-order valence-corrected chi connectivity index (χ0v) is 8.52. The van der Waals surface area contributed by atoms with Gasteiger partial charge in [0.2, 0.25) is 0 Å². The Morgan fingerprint density at radius 3 is 1.80 bits per heavy atom. The summed E-state index contributed by atoms with van der Waals surface area (Å²) in [7, 11) is 0. The second-order valence-corrected chi connectivity index (χ2v) is 3.62. The number of hydrogen-bond donors (Lipinski definition) is 0. The van der Waals surface area contributed by atoms with Gasteiger partial charge in [-0.1, -0.05) is 0 Å². The molecule has 0 spiro atoms. The van der Waals surface area contributed by atoms with Gasteiger partial charge in [0.1, 0.15) is 0 Å². The van der Waals surface area contributed by atoms with Crippen LogP contribution in [-0.4, -0.2) is 23.0 Å². The molecule has 0 saturated heterocycles. The first-order chi connectivity index (χ1) is 4.76. The maximum Gasteiger partial charge on any atom is 0.0398 e. The van der Waals surface area contributed by atoms with Crippen molar-refractivity contribution in [1.82, 2.24) is 0 Å². The van der Waals surface area contributed by atoms with E-state index in [4.69, 9.17) is 46.4 Å². The average molecular weight is 224 g/mol. The van der Waals surface area contributed by atoms with Crippen LogP contribution in [0.15, 0.2) is 0 Å². The van der Waals surface area contributed by atoms with Gasteiger partial charge in [-0.3, -0.25) is 0 Å². The summed E-state index contributed by atoms with van der Waals surface area (Å²) >= 11 is 22.6. The molecule has 0 aromatic heterocycles. The van der Waals surface area contributed by atoms with E-state index in [1.54, 1.807) is 0 Å². The van der Waals surface area contributed by atoms with E-state index in [2.05, 4.69) is 0 Å². The summed E-state index contributed by atoms with van der Waals surface area (Å²) in [6.45, 7) is 0. The van der Waals surface area contributed by atoms with Gasteiger partial charge < -0.3 is 0 Å². The fourth-order valence-corrected chi connectivity index (χ4v) is 2.15. The highest BCUT2D eigenvalue weighted by atomic mass is 35.5. The molecule has 0 aromatic carbocycles. The molecule has 0 amide bonds. The second-order valence-electron chi connectivity index (χ2n) is 2.06. The first-order valence-corrected chi connectivity index (χ1v) is 5.12. The van der Waals surface area contributed by atoms with Crippen molar-refractivity contribution in [2.45, 2.75) is 11.8 Å². The average Bonchev–Trinajstić information content (AvgIpc) is 1.91. The normalized spacial score (nSPS) is 14.1. The highest BCUT2D eigenvalue weighted by Gasteiger charge is 2.16. The Bertz CT molecular complexity index is 72.1. The van der Waals surface area contributed by atoms with Gasteiger partial charge in [-0.2, -0.15) is 0 Å². The summed E-state index contributed by atoms with van der Waals surface area (Å²) in [5.74, 6) is 1.77. The van der Waals surface area contributed by atoms with Crippen molar-refractivity contribution in [2.75, 3.05) is 17.6 Å². The van der Waals surface area contributed by atoms with Crippen molar-refractivity contribution in [3.63, 3.8) is 0 Å². The van der Waals surface area contributed by atoms with Gasteiger partial charge in [0.05, 0.1) is 0 Å². The van der Waals surface area contributed by atoms with Crippen LogP contribution in [0.25, 0.3) is 0 Å². The van der Waals surface area contributed by atoms with Crippen molar-refractivity contribution in [3.8, 4) is 0 Å². The lowest BCUT2D eigenvalue weighted by Gasteiger charge is -2.15. The Kier molecular flexibility index (Phi) is 7.64. The number of hydrogen-bond acceptors (Lipinski definition) is 0. The van der Waals surface area contributed by atoms with Crippen LogP contribution in [0, 0.1) is 5.92 Å². The first kappa shape index (κ1) is 11.2. The van der Waals surface area contributed by atoms with Crippen LogP contribution in [-0.2, 0) is 0 Å². The zero-order valence-electron chi connectivity index (χ0n) is 5.49. The Hall–Kier alpha value is 1.16. The molecule has 62 valence electrons. The maximum absolute atomic E-state index is 5.89. The molecule has 1 unspecified atom stereocenters. The molecular weight excluding hydrogens is 214 g/mol. The number of alkyl halides is 4. The number of rotatable bonds is 5. The van der Waals surface area contributed by atoms with Crippen molar-refractivity contribution in [3.05, 3.63) is 0 Å². The topological polar surface area (TPSA) is 0 Å². The van der Waals surface area contributed by atoms with Crippen LogP contribution in [0.2, 0.25) is 0 Å². The van der Waals surface area contributed by atoms with E-state index in [0.29, 0.717) is 17.6 Å². The van der Waals surface area contributed by atoms with Gasteiger partial charge in [-0.05, 0) is 6.42 Å². The van der Waals surface area contributed by atoms with E-state index in [1.807, 2.05) is 0 Å². The highest BCUT2D eigenvalue weighted by Crippen LogP contribution is 2.18. The van der Waals surface area contributed by atoms with Crippen LogP contribution in [0.5, 0.6) is 0 Å². The minimum atomic E-state index is 0.0208. The Labute approximate surface area is 81.8 Å². The molecule has 0 aliphatic carbocycles. The lowest BCUT2D eigenvalue weighted by molar-refractivity contribution is 0.600. The molecule has 0 bridgehead atoms. The van der Waals surface area contributed by atoms with E-state index in [-0.39, 0.29) is 11.3 Å². The van der Waals surface area contributed by atoms with E-state index in [0.717, 1.165) is 6.42 Å². The highest BCUT2D eigenvalue weighted by molar-refractivity contribution is 6.25. The molecule has 4 heteroatoms. The number of halogens is 4. The Morgan fingerprint density at radius 2 is 1.50 bits per heavy atom. The largest absolute Gasteiger partial charge is 0.127 e. The third-order valence-electron chi connectivity index (χ3n) is 1.29. The van der Waals surface area contributed by atoms with Crippen LogP contribution in [0.3, 0.4) is 0 Å². The molecule has 10 heavy (non-hydrogen) atoms. The quantitative estimate of drug-likeness (QED) is 0.628. The molecule has 0 aliphatic rings. The SMILES string of the molecule is ClCCC(Cl)C(CCl)CCl. The predicted molar refractivity (Wildman–Crippen MR) is 49.9 cm³/mol. The monoisotopic (exact) mass is 222 g/mol. The van der Waals surface area contributed by atoms with Crippen molar-refractivity contribution < 1.29 is 0 Å². The fourth-order valence-electron chi connectivity index (χ4n) is 0.575. The third kappa shape index (κ3) is 4.12. The molecule has 0 saturated carbocycles. The smallest absolute Gasteiger partial charge is 0.0398 e. The van der Waals surface area contributed by atoms with Crippen LogP contribution < -0.4 is 0 Å².